The lowest BCUT2D eigenvalue weighted by atomic mass is 9.89. The summed E-state index contributed by atoms with van der Waals surface area (Å²) in [6.45, 7) is 2.68. The maximum atomic E-state index is 12.3. The molecular weight excluding hydrogens is 396 g/mol. The topological polar surface area (TPSA) is 78.2 Å². The summed E-state index contributed by atoms with van der Waals surface area (Å²) in [6.07, 6.45) is 12.3. The first-order chi connectivity index (χ1) is 14.4. The summed E-state index contributed by atoms with van der Waals surface area (Å²) in [5.41, 5.74) is 4.60. The highest BCUT2D eigenvalue weighted by molar-refractivity contribution is 7.89. The van der Waals surface area contributed by atoms with Crippen LogP contribution in [0.2, 0.25) is 0 Å². The van der Waals surface area contributed by atoms with Crippen molar-refractivity contribution in [2.45, 2.75) is 63.3 Å². The standard InChI is InChI=1S/C24H28N2O3S/c1-16-23(30(25,27)28)14-21(26(16)15-17-8-3-2-4-9-17)20-12-7-11-19-18-10-5-6-13-22(18)29-24(19)20/h6-7,11-14,17H,2-5,8-10,15H2,1H3,(H2,25,27,28). The zero-order chi connectivity index (χ0) is 20.9. The van der Waals surface area contributed by atoms with Crippen molar-refractivity contribution in [3.8, 4) is 11.3 Å². The second kappa shape index (κ2) is 7.43. The molecule has 0 unspecified atom stereocenters. The second-order valence-corrected chi connectivity index (χ2v) is 10.2. The number of aryl methyl sites for hydroxylation is 1. The van der Waals surface area contributed by atoms with Gasteiger partial charge in [0.15, 0.2) is 0 Å². The second-order valence-electron chi connectivity index (χ2n) is 8.71. The molecule has 5 nitrogen and oxygen atoms in total. The van der Waals surface area contributed by atoms with Crippen molar-refractivity contribution >= 4 is 27.1 Å². The number of nitrogens with zero attached hydrogens (tertiary/aromatic N) is 1. The number of allylic oxidation sites excluding steroid dienone is 1. The Morgan fingerprint density at radius 2 is 2.00 bits per heavy atom. The van der Waals surface area contributed by atoms with Crippen LogP contribution in [-0.2, 0) is 23.0 Å². The maximum Gasteiger partial charge on any atom is 0.239 e. The molecule has 5 rings (SSSR count). The van der Waals surface area contributed by atoms with Gasteiger partial charge in [-0.05, 0) is 56.7 Å². The number of nitrogens with two attached hydrogens (primary N) is 1. The van der Waals surface area contributed by atoms with Crippen molar-refractivity contribution in [1.29, 1.82) is 0 Å². The molecular formula is C24H28N2O3S. The van der Waals surface area contributed by atoms with E-state index in [1.165, 1.54) is 37.7 Å². The van der Waals surface area contributed by atoms with Gasteiger partial charge < -0.3 is 8.98 Å². The summed E-state index contributed by atoms with van der Waals surface area (Å²) in [5.74, 6) is 1.47. The number of hydrogen-bond donors (Lipinski definition) is 1. The van der Waals surface area contributed by atoms with Gasteiger partial charge >= 0.3 is 0 Å². The van der Waals surface area contributed by atoms with E-state index in [4.69, 9.17) is 9.56 Å². The number of sulfonamides is 1. The van der Waals surface area contributed by atoms with Gasteiger partial charge in [0.2, 0.25) is 10.0 Å². The first-order valence-electron chi connectivity index (χ1n) is 10.9. The molecule has 158 valence electrons. The Labute approximate surface area is 177 Å². The summed E-state index contributed by atoms with van der Waals surface area (Å²) >= 11 is 0. The molecule has 0 saturated heterocycles. The molecule has 0 aliphatic heterocycles. The maximum absolute atomic E-state index is 12.3. The van der Waals surface area contributed by atoms with Crippen LogP contribution >= 0.6 is 0 Å². The number of hydrogen-bond acceptors (Lipinski definition) is 3. The van der Waals surface area contributed by atoms with Gasteiger partial charge in [-0.25, -0.2) is 13.6 Å². The van der Waals surface area contributed by atoms with Gasteiger partial charge in [0.25, 0.3) is 0 Å². The lowest BCUT2D eigenvalue weighted by Crippen LogP contribution is -2.17. The molecule has 2 N–H and O–H groups in total. The predicted molar refractivity (Wildman–Crippen MR) is 120 cm³/mol. The number of benzene rings is 1. The summed E-state index contributed by atoms with van der Waals surface area (Å²) in [5, 5.41) is 6.69. The predicted octanol–water partition coefficient (Wildman–Crippen LogP) is 5.40. The van der Waals surface area contributed by atoms with Crippen LogP contribution in [0, 0.1) is 12.8 Å². The molecule has 0 amide bonds. The van der Waals surface area contributed by atoms with E-state index in [1.807, 2.05) is 25.1 Å². The van der Waals surface area contributed by atoms with Crippen LogP contribution in [0.3, 0.4) is 0 Å². The normalized spacial score (nSPS) is 17.5. The summed E-state index contributed by atoms with van der Waals surface area (Å²) in [7, 11) is -3.80. The van der Waals surface area contributed by atoms with E-state index in [9.17, 15) is 8.42 Å². The number of primary sulfonamides is 1. The van der Waals surface area contributed by atoms with E-state index in [0.717, 1.165) is 47.4 Å². The first kappa shape index (κ1) is 19.6. The van der Waals surface area contributed by atoms with Crippen LogP contribution in [0.15, 0.2) is 39.7 Å². The quantitative estimate of drug-likeness (QED) is 0.609. The molecule has 2 aromatic heterocycles. The molecule has 3 aromatic rings. The average Bonchev–Trinajstić information content (AvgIpc) is 3.27. The molecule has 2 aliphatic carbocycles. The van der Waals surface area contributed by atoms with Gasteiger partial charge in [0.05, 0.1) is 5.69 Å². The Balaban J connectivity index is 1.70. The van der Waals surface area contributed by atoms with Gasteiger partial charge in [-0.2, -0.15) is 0 Å². The molecule has 0 spiro atoms. The first-order valence-corrected chi connectivity index (χ1v) is 12.4. The van der Waals surface area contributed by atoms with Crippen molar-refractivity contribution in [3.63, 3.8) is 0 Å². The highest BCUT2D eigenvalue weighted by Gasteiger charge is 2.26. The fourth-order valence-corrected chi connectivity index (χ4v) is 5.99. The Kier molecular flexibility index (Phi) is 4.86. The molecule has 30 heavy (non-hydrogen) atoms. The van der Waals surface area contributed by atoms with E-state index in [2.05, 4.69) is 16.7 Å². The van der Waals surface area contributed by atoms with Crippen LogP contribution in [-0.4, -0.2) is 13.0 Å². The third-order valence-corrected chi connectivity index (χ3v) is 7.77. The zero-order valence-corrected chi connectivity index (χ0v) is 18.2. The van der Waals surface area contributed by atoms with Crippen molar-refractivity contribution in [3.05, 3.63) is 47.4 Å². The van der Waals surface area contributed by atoms with E-state index in [1.54, 1.807) is 6.07 Å². The van der Waals surface area contributed by atoms with Crippen molar-refractivity contribution in [2.24, 2.45) is 11.1 Å². The van der Waals surface area contributed by atoms with Gasteiger partial charge in [-0.1, -0.05) is 37.5 Å². The minimum absolute atomic E-state index is 0.210. The van der Waals surface area contributed by atoms with Crippen LogP contribution in [0.5, 0.6) is 0 Å². The Morgan fingerprint density at radius 1 is 1.20 bits per heavy atom. The molecule has 2 heterocycles. The Bertz CT molecular complexity index is 1240. The minimum Gasteiger partial charge on any atom is -0.456 e. The van der Waals surface area contributed by atoms with E-state index in [0.29, 0.717) is 11.6 Å². The van der Waals surface area contributed by atoms with E-state index >= 15 is 0 Å². The van der Waals surface area contributed by atoms with Crippen LogP contribution in [0.25, 0.3) is 28.3 Å². The highest BCUT2D eigenvalue weighted by Crippen LogP contribution is 2.39. The monoisotopic (exact) mass is 424 g/mol. The van der Waals surface area contributed by atoms with Crippen molar-refractivity contribution in [2.75, 3.05) is 0 Å². The Hall–Kier alpha value is -2.31. The smallest absolute Gasteiger partial charge is 0.239 e. The third-order valence-electron chi connectivity index (χ3n) is 6.75. The molecule has 0 bridgehead atoms. The molecule has 6 heteroatoms. The summed E-state index contributed by atoms with van der Waals surface area (Å²) in [6, 6.07) is 7.90. The molecule has 0 radical (unpaired) electrons. The summed E-state index contributed by atoms with van der Waals surface area (Å²) in [4.78, 5) is 0.210. The lowest BCUT2D eigenvalue weighted by Gasteiger charge is -2.24. The number of aromatic nitrogens is 1. The molecule has 1 fully saturated rings. The van der Waals surface area contributed by atoms with Crippen LogP contribution in [0.4, 0.5) is 0 Å². The lowest BCUT2D eigenvalue weighted by molar-refractivity contribution is 0.318. The fraction of sp³-hybridized carbons (Fsp3) is 0.417. The fourth-order valence-electron chi connectivity index (χ4n) is 5.20. The van der Waals surface area contributed by atoms with Gasteiger partial charge in [-0.3, -0.25) is 0 Å². The van der Waals surface area contributed by atoms with Gasteiger partial charge in [0, 0.05) is 28.8 Å². The molecule has 0 atom stereocenters. The van der Waals surface area contributed by atoms with Crippen LogP contribution in [0.1, 0.15) is 55.5 Å². The van der Waals surface area contributed by atoms with E-state index in [-0.39, 0.29) is 4.90 Å². The number of furan rings is 1. The zero-order valence-electron chi connectivity index (χ0n) is 17.4. The van der Waals surface area contributed by atoms with Gasteiger partial charge in [-0.15, -0.1) is 0 Å². The molecule has 2 aliphatic rings. The average molecular weight is 425 g/mol. The SMILES string of the molecule is Cc1c(S(N)(=O)=O)cc(-c2cccc3c4c(oc23)C=CCC4)n1CC1CCCCC1. The Morgan fingerprint density at radius 3 is 2.77 bits per heavy atom. The highest BCUT2D eigenvalue weighted by atomic mass is 32.2. The number of rotatable bonds is 4. The number of para-hydroxylation sites is 1. The minimum atomic E-state index is -3.80. The third kappa shape index (κ3) is 3.32. The van der Waals surface area contributed by atoms with Gasteiger partial charge in [0.1, 0.15) is 16.2 Å². The number of fused-ring (bicyclic) bond motifs is 3. The molecule has 1 aromatic carbocycles. The summed E-state index contributed by atoms with van der Waals surface area (Å²) < 4.78 is 33.0. The van der Waals surface area contributed by atoms with Crippen LogP contribution < -0.4 is 5.14 Å². The van der Waals surface area contributed by atoms with E-state index < -0.39 is 10.0 Å². The molecule has 1 saturated carbocycles. The van der Waals surface area contributed by atoms with Crippen molar-refractivity contribution < 1.29 is 12.8 Å². The largest absolute Gasteiger partial charge is 0.456 e. The van der Waals surface area contributed by atoms with Crippen molar-refractivity contribution in [1.82, 2.24) is 4.57 Å².